The molecule has 0 radical (unpaired) electrons. The minimum Gasteiger partial charge on any atom is -0.381 e. The van der Waals surface area contributed by atoms with Crippen molar-refractivity contribution in [2.45, 2.75) is 51.4 Å². The molecule has 2 unspecified atom stereocenters. The third-order valence-electron chi connectivity index (χ3n) is 3.39. The zero-order valence-electron chi connectivity index (χ0n) is 10.1. The smallest absolute Gasteiger partial charge is 0.0586 e. The topological polar surface area (TPSA) is 39.1 Å². The van der Waals surface area contributed by atoms with Crippen LogP contribution >= 0.6 is 0 Å². The Kier molecular flexibility index (Phi) is 3.96. The van der Waals surface area contributed by atoms with Gasteiger partial charge in [-0.1, -0.05) is 0 Å². The molecule has 1 aliphatic carbocycles. The van der Waals surface area contributed by atoms with Crippen molar-refractivity contribution in [2.24, 2.45) is 0 Å². The lowest BCUT2D eigenvalue weighted by Crippen LogP contribution is -2.27. The van der Waals surface area contributed by atoms with Crippen LogP contribution in [0.2, 0.25) is 0 Å². The number of nitrogens with one attached hydrogen (secondary N) is 1. The number of nitrogens with zero attached hydrogens (tertiary/aromatic N) is 2. The molecule has 90 valence electrons. The first-order valence-corrected chi connectivity index (χ1v) is 6.10. The monoisotopic (exact) mass is 223 g/mol. The molecule has 0 aliphatic heterocycles. The minimum atomic E-state index is 0.452. The summed E-state index contributed by atoms with van der Waals surface area (Å²) in [6, 6.07) is 2.68. The van der Waals surface area contributed by atoms with E-state index >= 15 is 0 Å². The second-order valence-electron chi connectivity index (χ2n) is 4.39. The molecular formula is C12H21N3O. The summed E-state index contributed by atoms with van der Waals surface area (Å²) in [4.78, 5) is 0. The molecule has 2 atom stereocenters. The van der Waals surface area contributed by atoms with Gasteiger partial charge >= 0.3 is 0 Å². The van der Waals surface area contributed by atoms with Gasteiger partial charge in [-0.05, 0) is 32.3 Å². The summed E-state index contributed by atoms with van der Waals surface area (Å²) in [6.07, 6.45) is 5.86. The van der Waals surface area contributed by atoms with Crippen LogP contribution < -0.4 is 5.32 Å². The summed E-state index contributed by atoms with van der Waals surface area (Å²) in [5.74, 6) is 0. The largest absolute Gasteiger partial charge is 0.381 e. The lowest BCUT2D eigenvalue weighted by atomic mass is 10.2. The van der Waals surface area contributed by atoms with Crippen molar-refractivity contribution in [1.82, 2.24) is 15.1 Å². The molecule has 1 N–H and O–H groups in total. The third-order valence-corrected chi connectivity index (χ3v) is 3.39. The normalized spacial score (nSPS) is 25.1. The molecule has 16 heavy (non-hydrogen) atoms. The first kappa shape index (κ1) is 11.6. The van der Waals surface area contributed by atoms with Crippen molar-refractivity contribution >= 4 is 0 Å². The Morgan fingerprint density at radius 1 is 1.56 bits per heavy atom. The summed E-state index contributed by atoms with van der Waals surface area (Å²) in [6.45, 7) is 3.97. The summed E-state index contributed by atoms with van der Waals surface area (Å²) < 4.78 is 7.40. The highest BCUT2D eigenvalue weighted by Crippen LogP contribution is 2.21. The van der Waals surface area contributed by atoms with Gasteiger partial charge in [-0.3, -0.25) is 4.68 Å². The highest BCUT2D eigenvalue weighted by atomic mass is 16.5. The second kappa shape index (κ2) is 5.46. The summed E-state index contributed by atoms with van der Waals surface area (Å²) in [5.41, 5.74) is 1.27. The Morgan fingerprint density at radius 3 is 3.12 bits per heavy atom. The van der Waals surface area contributed by atoms with Gasteiger partial charge in [-0.2, -0.15) is 5.10 Å². The van der Waals surface area contributed by atoms with E-state index in [1.165, 1.54) is 18.5 Å². The van der Waals surface area contributed by atoms with E-state index in [1.807, 2.05) is 10.9 Å². The first-order chi connectivity index (χ1) is 7.83. The Hall–Kier alpha value is -0.870. The molecule has 1 aliphatic rings. The molecule has 1 heterocycles. The molecule has 4 nitrogen and oxygen atoms in total. The maximum atomic E-state index is 5.37. The molecule has 1 aromatic rings. The Balaban J connectivity index is 1.80. The first-order valence-electron chi connectivity index (χ1n) is 6.10. The second-order valence-corrected chi connectivity index (χ2v) is 4.39. The fraction of sp³-hybridized carbons (Fsp3) is 0.750. The molecule has 1 fully saturated rings. The van der Waals surface area contributed by atoms with Crippen LogP contribution in [0.3, 0.4) is 0 Å². The zero-order valence-corrected chi connectivity index (χ0v) is 10.1. The Labute approximate surface area is 97.0 Å². The third kappa shape index (κ3) is 2.62. The van der Waals surface area contributed by atoms with Crippen molar-refractivity contribution in [3.05, 3.63) is 18.0 Å². The summed E-state index contributed by atoms with van der Waals surface area (Å²) in [5, 5.41) is 7.85. The van der Waals surface area contributed by atoms with Gasteiger partial charge in [0.1, 0.15) is 0 Å². The van der Waals surface area contributed by atoms with E-state index in [9.17, 15) is 0 Å². The van der Waals surface area contributed by atoms with Gasteiger partial charge in [-0.15, -0.1) is 0 Å². The number of hydrogen-bond donors (Lipinski definition) is 1. The van der Waals surface area contributed by atoms with Gasteiger partial charge in [-0.25, -0.2) is 0 Å². The summed E-state index contributed by atoms with van der Waals surface area (Å²) in [7, 11) is 1.80. The van der Waals surface area contributed by atoms with Gasteiger partial charge < -0.3 is 10.1 Å². The standard InChI is InChI=1S/C12H21N3O/c1-3-15-11(6-7-14-15)9-13-10-4-5-12(8-10)16-2/h6-7,10,12-13H,3-5,8-9H2,1-2H3. The molecular weight excluding hydrogens is 202 g/mol. The number of hydrogen-bond acceptors (Lipinski definition) is 3. The van der Waals surface area contributed by atoms with Gasteiger partial charge in [0.15, 0.2) is 0 Å². The molecule has 4 heteroatoms. The highest BCUT2D eigenvalue weighted by Gasteiger charge is 2.23. The van der Waals surface area contributed by atoms with Crippen LogP contribution in [0.25, 0.3) is 0 Å². The van der Waals surface area contributed by atoms with E-state index in [4.69, 9.17) is 4.74 Å². The SMILES string of the molecule is CCn1nccc1CNC1CCC(OC)C1. The number of methoxy groups -OCH3 is 1. The van der Waals surface area contributed by atoms with Gasteiger partial charge in [0.05, 0.1) is 11.8 Å². The van der Waals surface area contributed by atoms with Crippen LogP contribution in [0.15, 0.2) is 12.3 Å². The van der Waals surface area contributed by atoms with E-state index in [-0.39, 0.29) is 0 Å². The maximum absolute atomic E-state index is 5.37. The van der Waals surface area contributed by atoms with Crippen molar-refractivity contribution in [3.63, 3.8) is 0 Å². The fourth-order valence-corrected chi connectivity index (χ4v) is 2.38. The lowest BCUT2D eigenvalue weighted by Gasteiger charge is -2.13. The predicted molar refractivity (Wildman–Crippen MR) is 63.2 cm³/mol. The Bertz CT molecular complexity index is 324. The van der Waals surface area contributed by atoms with Crippen LogP contribution in [0, 0.1) is 0 Å². The number of ether oxygens (including phenoxy) is 1. The Morgan fingerprint density at radius 2 is 2.44 bits per heavy atom. The van der Waals surface area contributed by atoms with Crippen molar-refractivity contribution < 1.29 is 4.74 Å². The average Bonchev–Trinajstić information content (AvgIpc) is 2.94. The number of rotatable bonds is 5. The van der Waals surface area contributed by atoms with Crippen molar-refractivity contribution in [1.29, 1.82) is 0 Å². The number of aryl methyl sites for hydroxylation is 1. The van der Waals surface area contributed by atoms with Crippen LogP contribution in [-0.4, -0.2) is 29.0 Å². The quantitative estimate of drug-likeness (QED) is 0.823. The van der Waals surface area contributed by atoms with Gasteiger partial charge in [0, 0.05) is 32.4 Å². The van der Waals surface area contributed by atoms with Crippen LogP contribution in [0.1, 0.15) is 31.9 Å². The van der Waals surface area contributed by atoms with Crippen LogP contribution in [0.5, 0.6) is 0 Å². The molecule has 1 aromatic heterocycles. The van der Waals surface area contributed by atoms with E-state index in [2.05, 4.69) is 23.4 Å². The van der Waals surface area contributed by atoms with E-state index in [0.29, 0.717) is 12.1 Å². The van der Waals surface area contributed by atoms with Crippen molar-refractivity contribution in [2.75, 3.05) is 7.11 Å². The van der Waals surface area contributed by atoms with Crippen molar-refractivity contribution in [3.8, 4) is 0 Å². The van der Waals surface area contributed by atoms with Crippen LogP contribution in [-0.2, 0) is 17.8 Å². The highest BCUT2D eigenvalue weighted by molar-refractivity contribution is 5.00. The molecule has 0 saturated heterocycles. The number of aromatic nitrogens is 2. The van der Waals surface area contributed by atoms with Gasteiger partial charge in [0.25, 0.3) is 0 Å². The van der Waals surface area contributed by atoms with Gasteiger partial charge in [0.2, 0.25) is 0 Å². The molecule has 0 spiro atoms. The van der Waals surface area contributed by atoms with E-state index in [1.54, 1.807) is 7.11 Å². The molecule has 1 saturated carbocycles. The molecule has 2 rings (SSSR count). The average molecular weight is 223 g/mol. The zero-order chi connectivity index (χ0) is 11.4. The fourth-order valence-electron chi connectivity index (χ4n) is 2.38. The molecule has 0 aromatic carbocycles. The predicted octanol–water partition coefficient (Wildman–Crippen LogP) is 1.56. The lowest BCUT2D eigenvalue weighted by molar-refractivity contribution is 0.107. The maximum Gasteiger partial charge on any atom is 0.0586 e. The van der Waals surface area contributed by atoms with Crippen LogP contribution in [0.4, 0.5) is 0 Å². The minimum absolute atomic E-state index is 0.452. The van der Waals surface area contributed by atoms with E-state index in [0.717, 1.165) is 19.5 Å². The molecule has 0 amide bonds. The molecule has 0 bridgehead atoms. The summed E-state index contributed by atoms with van der Waals surface area (Å²) >= 11 is 0. The van der Waals surface area contributed by atoms with E-state index < -0.39 is 0 Å².